The lowest BCUT2D eigenvalue weighted by atomic mass is 10.2. The fourth-order valence-electron chi connectivity index (χ4n) is 1.79. The zero-order valence-electron chi connectivity index (χ0n) is 11.5. The second-order valence-electron chi connectivity index (χ2n) is 4.48. The summed E-state index contributed by atoms with van der Waals surface area (Å²) >= 11 is 7.72. The van der Waals surface area contributed by atoms with Crippen LogP contribution in [0.25, 0.3) is 0 Å². The van der Waals surface area contributed by atoms with E-state index in [1.165, 1.54) is 18.6 Å². The number of rotatable bonds is 8. The molecule has 1 heterocycles. The Morgan fingerprint density at radius 3 is 2.74 bits per heavy atom. The fraction of sp³-hybridized carbons (Fsp3) is 0.571. The molecule has 3 nitrogen and oxygen atoms in total. The van der Waals surface area contributed by atoms with E-state index in [1.807, 2.05) is 18.7 Å². The van der Waals surface area contributed by atoms with E-state index < -0.39 is 0 Å². The molecular weight excluding hydrogens is 280 g/mol. The van der Waals surface area contributed by atoms with E-state index >= 15 is 0 Å². The lowest BCUT2D eigenvalue weighted by Crippen LogP contribution is -2.24. The molecule has 5 heteroatoms. The van der Waals surface area contributed by atoms with Gasteiger partial charge in [0.2, 0.25) is 0 Å². The summed E-state index contributed by atoms with van der Waals surface area (Å²) in [6, 6.07) is 3.35. The summed E-state index contributed by atoms with van der Waals surface area (Å²) in [6.07, 6.45) is 6.81. The first-order valence-corrected chi connectivity index (χ1v) is 8.32. The number of unbranched alkanes of at least 4 members (excludes halogenated alkanes) is 3. The zero-order chi connectivity index (χ0) is 14.1. The van der Waals surface area contributed by atoms with E-state index in [0.717, 1.165) is 25.1 Å². The van der Waals surface area contributed by atoms with Gasteiger partial charge < -0.3 is 5.32 Å². The second-order valence-corrected chi connectivity index (χ2v) is 5.86. The van der Waals surface area contributed by atoms with Crippen molar-refractivity contribution in [1.82, 2.24) is 10.3 Å². The summed E-state index contributed by atoms with van der Waals surface area (Å²) in [6.45, 7) is 2.55. The molecule has 0 saturated heterocycles. The second kappa shape index (κ2) is 9.21. The van der Waals surface area contributed by atoms with E-state index in [4.69, 9.17) is 11.6 Å². The SMILES string of the molecule is CSCCCCCCNC(=O)c1cc(C)nc(Cl)c1. The Kier molecular flexibility index (Phi) is 7.91. The molecular formula is C14H21ClN2OS. The Labute approximate surface area is 124 Å². The van der Waals surface area contributed by atoms with Gasteiger partial charge in [-0.05, 0) is 43.9 Å². The minimum absolute atomic E-state index is 0.0727. The van der Waals surface area contributed by atoms with Gasteiger partial charge in [-0.1, -0.05) is 24.4 Å². The van der Waals surface area contributed by atoms with E-state index in [1.54, 1.807) is 12.1 Å². The molecule has 0 unspecified atom stereocenters. The third kappa shape index (κ3) is 6.83. The van der Waals surface area contributed by atoms with Gasteiger partial charge in [0.15, 0.2) is 0 Å². The molecule has 0 fully saturated rings. The maximum atomic E-state index is 11.9. The van der Waals surface area contributed by atoms with Crippen molar-refractivity contribution in [1.29, 1.82) is 0 Å². The number of thioether (sulfide) groups is 1. The fourth-order valence-corrected chi connectivity index (χ4v) is 2.53. The van der Waals surface area contributed by atoms with E-state index in [0.29, 0.717) is 10.7 Å². The lowest BCUT2D eigenvalue weighted by molar-refractivity contribution is 0.0952. The average Bonchev–Trinajstić information content (AvgIpc) is 2.36. The van der Waals surface area contributed by atoms with Crippen molar-refractivity contribution in [3.05, 3.63) is 28.5 Å². The van der Waals surface area contributed by atoms with Crippen molar-refractivity contribution in [2.45, 2.75) is 32.6 Å². The first kappa shape index (κ1) is 16.3. The Hall–Kier alpha value is -0.740. The largest absolute Gasteiger partial charge is 0.352 e. The van der Waals surface area contributed by atoms with Gasteiger partial charge in [-0.2, -0.15) is 11.8 Å². The number of carbonyl (C=O) groups excluding carboxylic acids is 1. The maximum absolute atomic E-state index is 11.9. The number of amides is 1. The van der Waals surface area contributed by atoms with E-state index in [9.17, 15) is 4.79 Å². The monoisotopic (exact) mass is 300 g/mol. The molecule has 0 bridgehead atoms. The Morgan fingerprint density at radius 1 is 1.32 bits per heavy atom. The normalized spacial score (nSPS) is 10.5. The standard InChI is InChI=1S/C14H21ClN2OS/c1-11-9-12(10-13(15)17-11)14(18)16-7-5-3-4-6-8-19-2/h9-10H,3-8H2,1-2H3,(H,16,18). The molecule has 1 amide bonds. The highest BCUT2D eigenvalue weighted by Crippen LogP contribution is 2.10. The molecule has 0 spiro atoms. The smallest absolute Gasteiger partial charge is 0.251 e. The zero-order valence-corrected chi connectivity index (χ0v) is 13.1. The predicted molar refractivity (Wildman–Crippen MR) is 83.2 cm³/mol. The van der Waals surface area contributed by atoms with Crippen molar-refractivity contribution in [2.75, 3.05) is 18.6 Å². The highest BCUT2D eigenvalue weighted by atomic mass is 35.5. The number of halogens is 1. The molecule has 0 saturated carbocycles. The summed E-state index contributed by atoms with van der Waals surface area (Å²) in [4.78, 5) is 15.9. The number of aryl methyl sites for hydroxylation is 1. The molecule has 1 aromatic heterocycles. The van der Waals surface area contributed by atoms with Crippen molar-refractivity contribution >= 4 is 29.3 Å². The summed E-state index contributed by atoms with van der Waals surface area (Å²) in [5.41, 5.74) is 1.34. The summed E-state index contributed by atoms with van der Waals surface area (Å²) in [7, 11) is 0. The molecule has 0 aliphatic heterocycles. The van der Waals surface area contributed by atoms with Crippen molar-refractivity contribution in [2.24, 2.45) is 0 Å². The number of aromatic nitrogens is 1. The minimum Gasteiger partial charge on any atom is -0.352 e. The summed E-state index contributed by atoms with van der Waals surface area (Å²) < 4.78 is 0. The third-order valence-corrected chi connectivity index (χ3v) is 3.64. The Bertz CT molecular complexity index is 392. The van der Waals surface area contributed by atoms with Crippen molar-refractivity contribution in [3.63, 3.8) is 0 Å². The van der Waals surface area contributed by atoms with E-state index in [-0.39, 0.29) is 5.91 Å². The molecule has 1 aromatic rings. The number of hydrogen-bond donors (Lipinski definition) is 1. The van der Waals surface area contributed by atoms with Crippen LogP contribution < -0.4 is 5.32 Å². The first-order chi connectivity index (χ1) is 9.13. The van der Waals surface area contributed by atoms with Gasteiger partial charge in [0.1, 0.15) is 5.15 Å². The number of pyridine rings is 1. The summed E-state index contributed by atoms with van der Waals surface area (Å²) in [5, 5.41) is 3.28. The van der Waals surface area contributed by atoms with Gasteiger partial charge in [-0.25, -0.2) is 4.98 Å². The van der Waals surface area contributed by atoms with Crippen LogP contribution in [0, 0.1) is 6.92 Å². The van der Waals surface area contributed by atoms with E-state index in [2.05, 4.69) is 16.6 Å². The Balaban J connectivity index is 2.24. The molecule has 0 aliphatic rings. The van der Waals surface area contributed by atoms with Crippen LogP contribution in [0.4, 0.5) is 0 Å². The van der Waals surface area contributed by atoms with Crippen LogP contribution in [-0.4, -0.2) is 29.4 Å². The maximum Gasteiger partial charge on any atom is 0.251 e. The molecule has 0 aliphatic carbocycles. The van der Waals surface area contributed by atoms with Gasteiger partial charge in [-0.15, -0.1) is 0 Å². The van der Waals surface area contributed by atoms with Crippen molar-refractivity contribution in [3.8, 4) is 0 Å². The topological polar surface area (TPSA) is 42.0 Å². The molecule has 1 N–H and O–H groups in total. The van der Waals surface area contributed by atoms with Gasteiger partial charge in [0, 0.05) is 17.8 Å². The van der Waals surface area contributed by atoms with Crippen LogP contribution in [0.15, 0.2) is 12.1 Å². The molecule has 0 aromatic carbocycles. The minimum atomic E-state index is -0.0727. The highest BCUT2D eigenvalue weighted by Gasteiger charge is 2.07. The van der Waals surface area contributed by atoms with Gasteiger partial charge in [0.25, 0.3) is 5.91 Å². The van der Waals surface area contributed by atoms with Crippen LogP contribution in [0.3, 0.4) is 0 Å². The Morgan fingerprint density at radius 2 is 2.05 bits per heavy atom. The van der Waals surface area contributed by atoms with Gasteiger partial charge >= 0.3 is 0 Å². The highest BCUT2D eigenvalue weighted by molar-refractivity contribution is 7.98. The average molecular weight is 301 g/mol. The number of nitrogens with zero attached hydrogens (tertiary/aromatic N) is 1. The van der Waals surface area contributed by atoms with Crippen LogP contribution in [0.5, 0.6) is 0 Å². The van der Waals surface area contributed by atoms with Gasteiger partial charge in [-0.3, -0.25) is 4.79 Å². The molecule has 1 rings (SSSR count). The van der Waals surface area contributed by atoms with Crippen molar-refractivity contribution < 1.29 is 4.79 Å². The molecule has 19 heavy (non-hydrogen) atoms. The van der Waals surface area contributed by atoms with Crippen LogP contribution in [-0.2, 0) is 0 Å². The predicted octanol–water partition coefficient (Wildman–Crippen LogP) is 3.70. The quantitative estimate of drug-likeness (QED) is 0.588. The van der Waals surface area contributed by atoms with Crippen LogP contribution >= 0.6 is 23.4 Å². The van der Waals surface area contributed by atoms with Gasteiger partial charge in [0.05, 0.1) is 0 Å². The molecule has 106 valence electrons. The third-order valence-electron chi connectivity index (χ3n) is 2.75. The number of hydrogen-bond acceptors (Lipinski definition) is 3. The first-order valence-electron chi connectivity index (χ1n) is 6.55. The lowest BCUT2D eigenvalue weighted by Gasteiger charge is -2.06. The number of nitrogens with one attached hydrogen (secondary N) is 1. The number of carbonyl (C=O) groups is 1. The van der Waals surface area contributed by atoms with Crippen LogP contribution in [0.2, 0.25) is 5.15 Å². The van der Waals surface area contributed by atoms with Crippen LogP contribution in [0.1, 0.15) is 41.7 Å². The summed E-state index contributed by atoms with van der Waals surface area (Å²) in [5.74, 6) is 1.15. The molecule has 0 atom stereocenters. The molecule has 0 radical (unpaired) electrons.